The molecule has 3 rings (SSSR count). The minimum absolute atomic E-state index is 0.0747. The summed E-state index contributed by atoms with van der Waals surface area (Å²) in [5.74, 6) is -4.32. The second kappa shape index (κ2) is 32.8. The molecule has 22 nitrogen and oxygen atoms in total. The van der Waals surface area contributed by atoms with E-state index in [0.29, 0.717) is 49.0 Å². The first-order valence-corrected chi connectivity index (χ1v) is 28.0. The summed E-state index contributed by atoms with van der Waals surface area (Å²) in [6.07, 6.45) is -0.736. The normalized spacial score (nSPS) is 17.6. The number of hydrogen-bond donors (Lipinski definition) is 8. The number of aliphatic hydroxyl groups excluding tert-OH is 1. The van der Waals surface area contributed by atoms with Crippen molar-refractivity contribution in [1.29, 1.82) is 0 Å². The second-order valence-corrected chi connectivity index (χ2v) is 22.3. The van der Waals surface area contributed by atoms with Gasteiger partial charge in [-0.05, 0) is 79.5 Å². The molecule has 448 valence electrons. The summed E-state index contributed by atoms with van der Waals surface area (Å²) < 4.78 is 17.7. The molecule has 1 unspecified atom stereocenters. The molecule has 1 aliphatic heterocycles. The van der Waals surface area contributed by atoms with E-state index in [0.717, 1.165) is 0 Å². The van der Waals surface area contributed by atoms with Crippen molar-refractivity contribution in [1.82, 2.24) is 36.0 Å². The van der Waals surface area contributed by atoms with Crippen molar-refractivity contribution in [2.24, 2.45) is 41.1 Å². The Kier molecular flexibility index (Phi) is 27.8. The summed E-state index contributed by atoms with van der Waals surface area (Å²) >= 11 is 0. The van der Waals surface area contributed by atoms with Crippen molar-refractivity contribution in [3.05, 3.63) is 65.7 Å². The summed E-state index contributed by atoms with van der Waals surface area (Å²) in [6, 6.07) is 9.37. The molecule has 12 atom stereocenters. The molecule has 1 saturated heterocycles. The fourth-order valence-corrected chi connectivity index (χ4v) is 10.2. The van der Waals surface area contributed by atoms with Crippen LogP contribution in [0.4, 0.5) is 15.3 Å². The Hall–Kier alpha value is -6.36. The molecule has 0 aliphatic carbocycles. The van der Waals surface area contributed by atoms with E-state index in [1.165, 1.54) is 26.2 Å². The number of nitrogens with zero attached hydrogens (tertiary/aromatic N) is 3. The highest BCUT2D eigenvalue weighted by Crippen LogP contribution is 2.30. The van der Waals surface area contributed by atoms with Gasteiger partial charge in [0.15, 0.2) is 0 Å². The van der Waals surface area contributed by atoms with Gasteiger partial charge in [0, 0.05) is 47.1 Å². The average Bonchev–Trinajstić information content (AvgIpc) is 3.91. The lowest BCUT2D eigenvalue weighted by Gasteiger charge is -2.41. The number of nitrogens with two attached hydrogens (primary N) is 2. The van der Waals surface area contributed by atoms with Gasteiger partial charge >= 0.3 is 12.1 Å². The van der Waals surface area contributed by atoms with Crippen molar-refractivity contribution >= 4 is 53.3 Å². The number of carbonyl (C=O) groups excluding carboxylic acids is 8. The van der Waals surface area contributed by atoms with E-state index < -0.39 is 114 Å². The number of hydrogen-bond acceptors (Lipinski definition) is 13. The topological polar surface area (TPSA) is 306 Å². The van der Waals surface area contributed by atoms with Crippen molar-refractivity contribution in [2.75, 3.05) is 46.7 Å². The zero-order chi connectivity index (χ0) is 60.1. The third-order valence-electron chi connectivity index (χ3n) is 15.3. The lowest BCUT2D eigenvalue weighted by atomic mass is 9.89. The summed E-state index contributed by atoms with van der Waals surface area (Å²) in [7, 11) is 6.12. The van der Waals surface area contributed by atoms with Gasteiger partial charge in [-0.15, -0.1) is 0 Å². The number of benzene rings is 2. The molecule has 80 heavy (non-hydrogen) atoms. The van der Waals surface area contributed by atoms with Crippen LogP contribution in [0.3, 0.4) is 0 Å². The van der Waals surface area contributed by atoms with Crippen LogP contribution in [0.1, 0.15) is 125 Å². The van der Waals surface area contributed by atoms with Gasteiger partial charge in [-0.1, -0.05) is 111 Å². The molecule has 0 spiro atoms. The number of rotatable bonds is 31. The van der Waals surface area contributed by atoms with Crippen LogP contribution in [0.2, 0.25) is 0 Å². The third-order valence-corrected chi connectivity index (χ3v) is 15.3. The molecule has 10 N–H and O–H groups in total. The SMILES string of the molecule is CC[C@@H](C)[C@H]([C@H](CC(=O)N1CCCC1[C@@H](OC)[C@H](C)C(=O)N[C@@H](C)[C@H](O)c1ccccc1)OC)N(C)C(=O)[C@H](NC(=O)[C@@H](C(C)C)N(C)C(=O)OCc1ccc(NC(=O)[C@H](CCCNC(N)=O)NC(=O)[C@@H](N)C(C)C)cc1)C(C)C. The average molecular weight is 1120 g/mol. The number of primary amides is 1. The van der Waals surface area contributed by atoms with Crippen LogP contribution in [0, 0.1) is 29.6 Å². The van der Waals surface area contributed by atoms with Gasteiger partial charge in [0.25, 0.3) is 0 Å². The van der Waals surface area contributed by atoms with Gasteiger partial charge in [-0.25, -0.2) is 9.59 Å². The number of nitrogens with one attached hydrogen (secondary N) is 5. The Balaban J connectivity index is 1.70. The number of aliphatic hydroxyl groups is 1. The molecule has 0 radical (unpaired) electrons. The Bertz CT molecular complexity index is 2320. The quantitative estimate of drug-likeness (QED) is 0.0485. The van der Waals surface area contributed by atoms with Crippen LogP contribution < -0.4 is 38.1 Å². The number of ether oxygens (including phenoxy) is 3. The standard InChI is InChI=1S/C58H94N10O12/c1-15-36(8)49(44(78-13)31-45(69)68-30-20-24-43(68)51(79-14)37(9)52(71)62-38(10)50(70)40-21-17-16-18-22-40)66(11)56(75)47(34(4)5)65-55(74)48(35(6)7)67(12)58(77)80-32-39-25-27-41(28-26-39)63-53(72)42(23-19-29-61-57(60)76)64-54(73)46(59)33(2)3/h16-18,21-22,25-28,33-38,42-44,46-51,70H,15,19-20,23-24,29-32,59H2,1-14H3,(H,62,71)(H,63,72)(H,64,73)(H,65,74)(H3,60,61,76)/t36-,37+,38+,42+,43?,44+,46+,47-,48-,49-,50+,51+/m1/s1. The monoisotopic (exact) mass is 1120 g/mol. The van der Waals surface area contributed by atoms with E-state index in [1.54, 1.807) is 94.8 Å². The second-order valence-electron chi connectivity index (χ2n) is 22.3. The number of urea groups is 1. The largest absolute Gasteiger partial charge is 0.445 e. The van der Waals surface area contributed by atoms with E-state index in [2.05, 4.69) is 26.6 Å². The lowest BCUT2D eigenvalue weighted by molar-refractivity contribution is -0.148. The van der Waals surface area contributed by atoms with Crippen LogP contribution >= 0.6 is 0 Å². The molecule has 0 aromatic heterocycles. The molecule has 22 heteroatoms. The molecular weight excluding hydrogens is 1030 g/mol. The molecule has 0 bridgehead atoms. The van der Waals surface area contributed by atoms with Crippen LogP contribution in [-0.4, -0.2) is 163 Å². The molecule has 9 amide bonds. The van der Waals surface area contributed by atoms with Gasteiger partial charge in [0.2, 0.25) is 35.4 Å². The molecule has 1 aliphatic rings. The number of likely N-dealkylation sites (N-methyl/N-ethyl adjacent to an activating group) is 2. The molecule has 2 aromatic carbocycles. The molecule has 1 heterocycles. The number of anilines is 1. The number of amides is 9. The fourth-order valence-electron chi connectivity index (χ4n) is 10.2. The zero-order valence-electron chi connectivity index (χ0n) is 49.7. The van der Waals surface area contributed by atoms with Gasteiger partial charge in [-0.3, -0.25) is 33.7 Å². The maximum absolute atomic E-state index is 14.7. The van der Waals surface area contributed by atoms with Crippen LogP contribution in [-0.2, 0) is 49.6 Å². The summed E-state index contributed by atoms with van der Waals surface area (Å²) in [4.78, 5) is 112. The van der Waals surface area contributed by atoms with Crippen molar-refractivity contribution in [2.45, 2.75) is 175 Å². The van der Waals surface area contributed by atoms with E-state index in [1.807, 2.05) is 45.9 Å². The highest BCUT2D eigenvalue weighted by Gasteiger charge is 2.44. The van der Waals surface area contributed by atoms with E-state index in [-0.39, 0.29) is 49.6 Å². The minimum Gasteiger partial charge on any atom is -0.445 e. The smallest absolute Gasteiger partial charge is 0.410 e. The highest BCUT2D eigenvalue weighted by molar-refractivity contribution is 5.98. The van der Waals surface area contributed by atoms with Crippen molar-refractivity contribution in [3.8, 4) is 0 Å². The van der Waals surface area contributed by atoms with Crippen LogP contribution in [0.15, 0.2) is 54.6 Å². The first kappa shape index (κ1) is 67.9. The number of carbonyl (C=O) groups is 8. The first-order valence-electron chi connectivity index (χ1n) is 28.0. The Labute approximate surface area is 473 Å². The third kappa shape index (κ3) is 19.4. The zero-order valence-corrected chi connectivity index (χ0v) is 49.7. The lowest BCUT2D eigenvalue weighted by Crippen LogP contribution is -2.60. The molecule has 0 saturated carbocycles. The maximum atomic E-state index is 14.7. The molecule has 1 fully saturated rings. The summed E-state index contributed by atoms with van der Waals surface area (Å²) in [6.45, 7) is 18.7. The van der Waals surface area contributed by atoms with Gasteiger partial charge in [-0.2, -0.15) is 0 Å². The van der Waals surface area contributed by atoms with Gasteiger partial charge in [0.05, 0.1) is 54.8 Å². The number of likely N-dealkylation sites (tertiary alicyclic amines) is 1. The van der Waals surface area contributed by atoms with Crippen molar-refractivity contribution < 1.29 is 57.7 Å². The van der Waals surface area contributed by atoms with E-state index in [9.17, 15) is 43.5 Å². The highest BCUT2D eigenvalue weighted by atomic mass is 16.6. The fraction of sp³-hybridized carbons (Fsp3) is 0.655. The number of methoxy groups -OCH3 is 2. The van der Waals surface area contributed by atoms with Crippen LogP contribution in [0.5, 0.6) is 0 Å². The summed E-state index contributed by atoms with van der Waals surface area (Å²) in [5, 5.41) is 24.8. The minimum atomic E-state index is -1.05. The first-order chi connectivity index (χ1) is 37.7. The molecule has 2 aromatic rings. The maximum Gasteiger partial charge on any atom is 0.410 e. The summed E-state index contributed by atoms with van der Waals surface area (Å²) in [5.41, 5.74) is 12.8. The Morgan fingerprint density at radius 1 is 0.775 bits per heavy atom. The molecular formula is C58H94N10O12. The van der Waals surface area contributed by atoms with Gasteiger partial charge in [0.1, 0.15) is 24.7 Å². The van der Waals surface area contributed by atoms with E-state index >= 15 is 0 Å². The van der Waals surface area contributed by atoms with E-state index in [4.69, 9.17) is 25.7 Å². The predicted octanol–water partition coefficient (Wildman–Crippen LogP) is 4.43. The predicted molar refractivity (Wildman–Crippen MR) is 305 cm³/mol. The van der Waals surface area contributed by atoms with Crippen LogP contribution in [0.25, 0.3) is 0 Å². The Morgan fingerprint density at radius 3 is 1.96 bits per heavy atom. The van der Waals surface area contributed by atoms with Crippen molar-refractivity contribution in [3.63, 3.8) is 0 Å². The Morgan fingerprint density at radius 2 is 1.41 bits per heavy atom. The van der Waals surface area contributed by atoms with Gasteiger partial charge < -0.3 is 67.2 Å².